The lowest BCUT2D eigenvalue weighted by Gasteiger charge is -2.11. The molecular formula is C16H14O4. The molecule has 4 nitrogen and oxygen atoms in total. The van der Waals surface area contributed by atoms with Crippen LogP contribution < -0.4 is 9.47 Å². The summed E-state index contributed by atoms with van der Waals surface area (Å²) in [5.41, 5.74) is 1.65. The molecule has 0 fully saturated rings. The van der Waals surface area contributed by atoms with Gasteiger partial charge >= 0.3 is 5.97 Å². The lowest BCUT2D eigenvalue weighted by molar-refractivity contribution is 0.0728. The van der Waals surface area contributed by atoms with Crippen LogP contribution in [0.5, 0.6) is 11.5 Å². The Kier molecular flexibility index (Phi) is 4.15. The Morgan fingerprint density at radius 3 is 2.55 bits per heavy atom. The van der Waals surface area contributed by atoms with E-state index in [9.17, 15) is 9.59 Å². The summed E-state index contributed by atoms with van der Waals surface area (Å²) in [6.07, 6.45) is 0.626. The molecule has 0 bridgehead atoms. The minimum Gasteiger partial charge on any atom is -0.493 e. The van der Waals surface area contributed by atoms with Gasteiger partial charge in [0.05, 0.1) is 18.2 Å². The number of hydrogen-bond acceptors (Lipinski definition) is 4. The van der Waals surface area contributed by atoms with Gasteiger partial charge < -0.3 is 9.47 Å². The maximum Gasteiger partial charge on any atom is 0.343 e. The number of hydrogen-bond donors (Lipinski definition) is 0. The average Bonchev–Trinajstić information content (AvgIpc) is 2.47. The van der Waals surface area contributed by atoms with Crippen molar-refractivity contribution in [2.24, 2.45) is 0 Å². The topological polar surface area (TPSA) is 52.6 Å². The molecule has 0 aliphatic rings. The van der Waals surface area contributed by atoms with E-state index in [1.165, 1.54) is 7.11 Å². The smallest absolute Gasteiger partial charge is 0.343 e. The van der Waals surface area contributed by atoms with E-state index in [0.29, 0.717) is 17.6 Å². The van der Waals surface area contributed by atoms with Gasteiger partial charge in [0.15, 0.2) is 17.8 Å². The first-order valence-electron chi connectivity index (χ1n) is 6.06. The number of para-hydroxylation sites is 1. The van der Waals surface area contributed by atoms with Crippen molar-refractivity contribution in [3.8, 4) is 11.5 Å². The molecule has 0 radical (unpaired) electrons. The predicted molar refractivity (Wildman–Crippen MR) is 74.5 cm³/mol. The highest BCUT2D eigenvalue weighted by molar-refractivity contribution is 5.93. The fourth-order valence-electron chi connectivity index (χ4n) is 1.82. The maximum absolute atomic E-state index is 12.1. The number of carbonyl (C=O) groups is 2. The molecule has 0 amide bonds. The second-order valence-corrected chi connectivity index (χ2v) is 4.26. The van der Waals surface area contributed by atoms with E-state index >= 15 is 0 Å². The van der Waals surface area contributed by atoms with Crippen molar-refractivity contribution in [3.05, 3.63) is 59.2 Å². The van der Waals surface area contributed by atoms with Crippen LogP contribution in [0.3, 0.4) is 0 Å². The van der Waals surface area contributed by atoms with Gasteiger partial charge in [0.25, 0.3) is 0 Å². The zero-order valence-electron chi connectivity index (χ0n) is 11.3. The maximum atomic E-state index is 12.1. The first-order chi connectivity index (χ1) is 9.65. The number of rotatable bonds is 4. The molecule has 0 unspecified atom stereocenters. The molecule has 0 saturated carbocycles. The van der Waals surface area contributed by atoms with Crippen LogP contribution in [0.2, 0.25) is 0 Å². The molecule has 0 heterocycles. The number of esters is 1. The lowest BCUT2D eigenvalue weighted by atomic mass is 10.1. The van der Waals surface area contributed by atoms with E-state index in [-0.39, 0.29) is 11.3 Å². The van der Waals surface area contributed by atoms with E-state index in [2.05, 4.69) is 0 Å². The first-order valence-corrected chi connectivity index (χ1v) is 6.06. The molecule has 2 aromatic rings. The monoisotopic (exact) mass is 270 g/mol. The first kappa shape index (κ1) is 13.8. The fraction of sp³-hybridized carbons (Fsp3) is 0.125. The second kappa shape index (κ2) is 6.02. The van der Waals surface area contributed by atoms with Crippen LogP contribution in [0.4, 0.5) is 0 Å². The van der Waals surface area contributed by atoms with Gasteiger partial charge in [-0.1, -0.05) is 23.8 Å². The Hall–Kier alpha value is -2.62. The zero-order chi connectivity index (χ0) is 14.5. The molecule has 20 heavy (non-hydrogen) atoms. The highest BCUT2D eigenvalue weighted by Gasteiger charge is 2.16. The van der Waals surface area contributed by atoms with Crippen molar-refractivity contribution in [3.63, 3.8) is 0 Å². The third-order valence-electron chi connectivity index (χ3n) is 2.80. The van der Waals surface area contributed by atoms with E-state index < -0.39 is 5.97 Å². The van der Waals surface area contributed by atoms with Crippen LogP contribution in [0.25, 0.3) is 0 Å². The normalized spacial score (nSPS) is 9.90. The molecule has 0 N–H and O–H groups in total. The van der Waals surface area contributed by atoms with Crippen molar-refractivity contribution in [1.29, 1.82) is 0 Å². The summed E-state index contributed by atoms with van der Waals surface area (Å²) in [5, 5.41) is 0. The number of aldehydes is 1. The largest absolute Gasteiger partial charge is 0.493 e. The van der Waals surface area contributed by atoms with Gasteiger partial charge in [0, 0.05) is 0 Å². The molecule has 0 aromatic heterocycles. The minimum atomic E-state index is -0.527. The summed E-state index contributed by atoms with van der Waals surface area (Å²) in [4.78, 5) is 23.1. The van der Waals surface area contributed by atoms with Gasteiger partial charge in [-0.3, -0.25) is 4.79 Å². The summed E-state index contributed by atoms with van der Waals surface area (Å²) < 4.78 is 10.4. The van der Waals surface area contributed by atoms with Crippen molar-refractivity contribution >= 4 is 12.3 Å². The van der Waals surface area contributed by atoms with E-state index in [4.69, 9.17) is 9.47 Å². The number of aryl methyl sites for hydroxylation is 1. The molecule has 0 aliphatic carbocycles. The number of carbonyl (C=O) groups excluding carboxylic acids is 2. The highest BCUT2D eigenvalue weighted by atomic mass is 16.6. The van der Waals surface area contributed by atoms with Gasteiger partial charge in [0.1, 0.15) is 0 Å². The van der Waals surface area contributed by atoms with Crippen LogP contribution in [0.15, 0.2) is 42.5 Å². The Balaban J connectivity index is 2.34. The summed E-state index contributed by atoms with van der Waals surface area (Å²) >= 11 is 0. The molecule has 102 valence electrons. The highest BCUT2D eigenvalue weighted by Crippen LogP contribution is 2.30. The summed E-state index contributed by atoms with van der Waals surface area (Å²) in [6, 6.07) is 11.9. The third-order valence-corrected chi connectivity index (χ3v) is 2.80. The van der Waals surface area contributed by atoms with Gasteiger partial charge in [0.2, 0.25) is 0 Å². The van der Waals surface area contributed by atoms with E-state index in [1.54, 1.807) is 36.4 Å². The van der Waals surface area contributed by atoms with Gasteiger partial charge in [-0.15, -0.1) is 0 Å². The van der Waals surface area contributed by atoms with Gasteiger partial charge in [-0.2, -0.15) is 0 Å². The Morgan fingerprint density at radius 2 is 1.90 bits per heavy atom. The van der Waals surface area contributed by atoms with Crippen molar-refractivity contribution in [2.45, 2.75) is 6.92 Å². The molecule has 2 aromatic carbocycles. The number of methoxy groups -OCH3 is 1. The van der Waals surface area contributed by atoms with Crippen LogP contribution in [0.1, 0.15) is 26.3 Å². The molecule has 4 heteroatoms. The van der Waals surface area contributed by atoms with Gasteiger partial charge in [-0.25, -0.2) is 4.79 Å². The third kappa shape index (κ3) is 2.85. The van der Waals surface area contributed by atoms with Crippen LogP contribution >= 0.6 is 0 Å². The molecule has 0 aliphatic heterocycles. The minimum absolute atomic E-state index is 0.136. The Bertz CT molecular complexity index is 647. The number of ether oxygens (including phenoxy) is 2. The van der Waals surface area contributed by atoms with Crippen molar-refractivity contribution in [2.75, 3.05) is 7.11 Å². The van der Waals surface area contributed by atoms with Crippen molar-refractivity contribution in [1.82, 2.24) is 0 Å². The molecule has 0 atom stereocenters. The Morgan fingerprint density at radius 1 is 1.15 bits per heavy atom. The van der Waals surface area contributed by atoms with Crippen LogP contribution in [-0.2, 0) is 0 Å². The molecule has 0 spiro atoms. The lowest BCUT2D eigenvalue weighted by Crippen LogP contribution is -2.10. The average molecular weight is 270 g/mol. The molecular weight excluding hydrogens is 256 g/mol. The SMILES string of the molecule is COc1cccc(C=O)c1OC(=O)c1cccc(C)c1. The summed E-state index contributed by atoms with van der Waals surface area (Å²) in [6.45, 7) is 1.89. The molecule has 0 saturated heterocycles. The summed E-state index contributed by atoms with van der Waals surface area (Å²) in [5.74, 6) is -0.0478. The predicted octanol–water partition coefficient (Wildman–Crippen LogP) is 3.04. The second-order valence-electron chi connectivity index (χ2n) is 4.26. The van der Waals surface area contributed by atoms with E-state index in [1.807, 2.05) is 13.0 Å². The fourth-order valence-corrected chi connectivity index (χ4v) is 1.82. The zero-order valence-corrected chi connectivity index (χ0v) is 11.3. The number of benzene rings is 2. The standard InChI is InChI=1S/C16H14O4/c1-11-5-3-6-12(9-11)16(18)20-15-13(10-17)7-4-8-14(15)19-2/h3-10H,1-2H3. The van der Waals surface area contributed by atoms with Crippen LogP contribution in [0, 0.1) is 6.92 Å². The van der Waals surface area contributed by atoms with E-state index in [0.717, 1.165) is 5.56 Å². The van der Waals surface area contributed by atoms with Gasteiger partial charge in [-0.05, 0) is 31.2 Å². The van der Waals surface area contributed by atoms with Crippen molar-refractivity contribution < 1.29 is 19.1 Å². The Labute approximate surface area is 116 Å². The summed E-state index contributed by atoms with van der Waals surface area (Å²) in [7, 11) is 1.45. The quantitative estimate of drug-likeness (QED) is 0.487. The van der Waals surface area contributed by atoms with Crippen LogP contribution in [-0.4, -0.2) is 19.4 Å². The molecule has 2 rings (SSSR count).